The van der Waals surface area contributed by atoms with Crippen molar-refractivity contribution in [3.63, 3.8) is 0 Å². The largest absolute Gasteiger partial charge is 0.480 e. The maximum absolute atomic E-state index is 11.3. The minimum absolute atomic E-state index is 0.175. The van der Waals surface area contributed by atoms with Gasteiger partial charge in [-0.15, -0.1) is 0 Å². The second-order valence-corrected chi connectivity index (χ2v) is 5.32. The molecule has 0 amide bonds. The second-order valence-electron chi connectivity index (χ2n) is 5.32. The van der Waals surface area contributed by atoms with Gasteiger partial charge in [-0.05, 0) is 25.0 Å². The highest BCUT2D eigenvalue weighted by atomic mass is 16.4. The van der Waals surface area contributed by atoms with Gasteiger partial charge in [0, 0.05) is 12.1 Å². The zero-order valence-electron chi connectivity index (χ0n) is 11.5. The van der Waals surface area contributed by atoms with Gasteiger partial charge < -0.3 is 10.1 Å². The number of aryl methyl sites for hydroxylation is 2. The van der Waals surface area contributed by atoms with Crippen LogP contribution < -0.4 is 5.32 Å². The molecule has 0 saturated carbocycles. The molecule has 0 aliphatic carbocycles. The van der Waals surface area contributed by atoms with Crippen molar-refractivity contribution in [3.05, 3.63) is 52.6 Å². The average Bonchev–Trinajstić information content (AvgIpc) is 2.88. The lowest BCUT2D eigenvalue weighted by Gasteiger charge is -2.29. The van der Waals surface area contributed by atoms with E-state index in [9.17, 15) is 9.90 Å². The van der Waals surface area contributed by atoms with Crippen LogP contribution in [-0.2, 0) is 11.2 Å². The first kappa shape index (κ1) is 12.9. The molecule has 0 saturated heterocycles. The molecule has 0 fully saturated rings. The Kier molecular flexibility index (Phi) is 3.06. The maximum Gasteiger partial charge on any atom is 0.321 e. The Morgan fingerprint density at radius 3 is 2.95 bits per heavy atom. The number of benzene rings is 1. The third-order valence-corrected chi connectivity index (χ3v) is 3.84. The average molecular weight is 271 g/mol. The topological polar surface area (TPSA) is 78.0 Å². The van der Waals surface area contributed by atoms with Crippen molar-refractivity contribution in [1.82, 2.24) is 15.3 Å². The Hall–Kier alpha value is -2.14. The van der Waals surface area contributed by atoms with E-state index in [1.54, 1.807) is 6.33 Å². The minimum atomic E-state index is -0.833. The summed E-state index contributed by atoms with van der Waals surface area (Å²) in [6.45, 7) is 4.07. The van der Waals surface area contributed by atoms with E-state index in [0.717, 1.165) is 28.1 Å². The summed E-state index contributed by atoms with van der Waals surface area (Å²) < 4.78 is 0. The molecule has 2 atom stereocenters. The number of H-pyrrole nitrogens is 1. The summed E-state index contributed by atoms with van der Waals surface area (Å²) in [6.07, 6.45) is 2.07. The van der Waals surface area contributed by atoms with Crippen molar-refractivity contribution in [2.45, 2.75) is 32.4 Å². The number of aromatic nitrogens is 2. The van der Waals surface area contributed by atoms with E-state index in [2.05, 4.69) is 33.5 Å². The minimum Gasteiger partial charge on any atom is -0.480 e. The molecular formula is C15H17N3O2. The van der Waals surface area contributed by atoms with Crippen LogP contribution in [0.5, 0.6) is 0 Å². The molecule has 3 rings (SSSR count). The number of carboxylic acids is 1. The van der Waals surface area contributed by atoms with Crippen molar-refractivity contribution in [3.8, 4) is 0 Å². The zero-order chi connectivity index (χ0) is 14.3. The third-order valence-electron chi connectivity index (χ3n) is 3.84. The van der Waals surface area contributed by atoms with E-state index in [4.69, 9.17) is 0 Å². The highest BCUT2D eigenvalue weighted by Gasteiger charge is 2.33. The maximum atomic E-state index is 11.3. The SMILES string of the molecule is Cc1ccc(C)c(C2NC(C(=O)O)Cc3[nH]cnc32)c1. The summed E-state index contributed by atoms with van der Waals surface area (Å²) in [5, 5.41) is 12.5. The van der Waals surface area contributed by atoms with Crippen LogP contribution in [0.1, 0.15) is 34.1 Å². The number of aromatic amines is 1. The molecule has 2 heterocycles. The molecule has 20 heavy (non-hydrogen) atoms. The molecule has 104 valence electrons. The van der Waals surface area contributed by atoms with Gasteiger partial charge in [-0.2, -0.15) is 0 Å². The summed E-state index contributed by atoms with van der Waals surface area (Å²) in [4.78, 5) is 18.7. The number of aliphatic carboxylic acids is 1. The van der Waals surface area contributed by atoms with Crippen molar-refractivity contribution < 1.29 is 9.90 Å². The molecule has 1 aromatic carbocycles. The number of carbonyl (C=O) groups is 1. The fraction of sp³-hybridized carbons (Fsp3) is 0.333. The van der Waals surface area contributed by atoms with E-state index < -0.39 is 12.0 Å². The smallest absolute Gasteiger partial charge is 0.321 e. The molecule has 3 N–H and O–H groups in total. The molecule has 0 bridgehead atoms. The van der Waals surface area contributed by atoms with E-state index in [0.29, 0.717) is 6.42 Å². The number of hydrogen-bond donors (Lipinski definition) is 3. The van der Waals surface area contributed by atoms with Gasteiger partial charge in [-0.25, -0.2) is 4.98 Å². The number of hydrogen-bond acceptors (Lipinski definition) is 3. The van der Waals surface area contributed by atoms with E-state index >= 15 is 0 Å². The Morgan fingerprint density at radius 1 is 1.40 bits per heavy atom. The molecule has 0 spiro atoms. The number of rotatable bonds is 2. The van der Waals surface area contributed by atoms with Crippen LogP contribution >= 0.6 is 0 Å². The van der Waals surface area contributed by atoms with Gasteiger partial charge in [0.1, 0.15) is 6.04 Å². The summed E-state index contributed by atoms with van der Waals surface area (Å²) >= 11 is 0. The van der Waals surface area contributed by atoms with Gasteiger partial charge in [0.25, 0.3) is 0 Å². The molecule has 1 aromatic heterocycles. The van der Waals surface area contributed by atoms with Crippen molar-refractivity contribution in [2.24, 2.45) is 0 Å². The third kappa shape index (κ3) is 2.10. The van der Waals surface area contributed by atoms with Crippen molar-refractivity contribution >= 4 is 5.97 Å². The predicted octanol–water partition coefficient (Wildman–Crippen LogP) is 1.71. The summed E-state index contributed by atoms with van der Waals surface area (Å²) in [7, 11) is 0. The highest BCUT2D eigenvalue weighted by Crippen LogP contribution is 2.30. The van der Waals surface area contributed by atoms with Crippen LogP contribution in [0.4, 0.5) is 0 Å². The predicted molar refractivity (Wildman–Crippen MR) is 74.6 cm³/mol. The van der Waals surface area contributed by atoms with Gasteiger partial charge >= 0.3 is 5.97 Å². The van der Waals surface area contributed by atoms with Crippen molar-refractivity contribution in [1.29, 1.82) is 0 Å². The number of nitrogens with one attached hydrogen (secondary N) is 2. The first-order chi connectivity index (χ1) is 9.56. The van der Waals surface area contributed by atoms with Gasteiger partial charge in [0.15, 0.2) is 0 Å². The van der Waals surface area contributed by atoms with Crippen LogP contribution in [0.25, 0.3) is 0 Å². The highest BCUT2D eigenvalue weighted by molar-refractivity contribution is 5.74. The van der Waals surface area contributed by atoms with Gasteiger partial charge in [-0.1, -0.05) is 23.8 Å². The molecular weight excluding hydrogens is 254 g/mol. The summed E-state index contributed by atoms with van der Waals surface area (Å²) in [5.74, 6) is -0.833. The lowest BCUT2D eigenvalue weighted by Crippen LogP contribution is -2.45. The standard InChI is InChI=1S/C15H17N3O2/c1-8-3-4-9(2)10(5-8)13-14-11(16-7-17-14)6-12(18-13)15(19)20/h3-5,7,12-13,18H,6H2,1-2H3,(H,16,17)(H,19,20). The number of imidazole rings is 1. The Morgan fingerprint density at radius 2 is 2.20 bits per heavy atom. The van der Waals surface area contributed by atoms with Crippen LogP contribution in [0.2, 0.25) is 0 Å². The number of carboxylic acid groups (broad SMARTS) is 1. The Bertz CT molecular complexity index is 663. The molecule has 1 aliphatic heterocycles. The lowest BCUT2D eigenvalue weighted by molar-refractivity contribution is -0.139. The van der Waals surface area contributed by atoms with Crippen LogP contribution in [0.3, 0.4) is 0 Å². The second kappa shape index (κ2) is 4.76. The van der Waals surface area contributed by atoms with Gasteiger partial charge in [0.05, 0.1) is 18.1 Å². The molecule has 2 aromatic rings. The van der Waals surface area contributed by atoms with Crippen molar-refractivity contribution in [2.75, 3.05) is 0 Å². The summed E-state index contributed by atoms with van der Waals surface area (Å²) in [6, 6.07) is 5.44. The normalized spacial score (nSPS) is 21.5. The Balaban J connectivity index is 2.08. The molecule has 5 heteroatoms. The first-order valence-corrected chi connectivity index (χ1v) is 6.64. The number of fused-ring (bicyclic) bond motifs is 1. The van der Waals surface area contributed by atoms with Crippen LogP contribution in [0.15, 0.2) is 24.5 Å². The molecule has 5 nitrogen and oxygen atoms in total. The van der Waals surface area contributed by atoms with E-state index in [1.165, 1.54) is 0 Å². The zero-order valence-corrected chi connectivity index (χ0v) is 11.5. The quantitative estimate of drug-likeness (QED) is 0.777. The van der Waals surface area contributed by atoms with E-state index in [-0.39, 0.29) is 6.04 Å². The lowest BCUT2D eigenvalue weighted by atomic mass is 9.90. The molecule has 0 radical (unpaired) electrons. The van der Waals surface area contributed by atoms with Gasteiger partial charge in [0.2, 0.25) is 0 Å². The monoisotopic (exact) mass is 271 g/mol. The fourth-order valence-corrected chi connectivity index (χ4v) is 2.75. The number of nitrogens with zero attached hydrogens (tertiary/aromatic N) is 1. The summed E-state index contributed by atoms with van der Waals surface area (Å²) in [5.41, 5.74) is 5.18. The van der Waals surface area contributed by atoms with E-state index in [1.807, 2.05) is 13.8 Å². The molecule has 1 aliphatic rings. The molecule has 2 unspecified atom stereocenters. The van der Waals surface area contributed by atoms with Crippen LogP contribution in [0, 0.1) is 13.8 Å². The first-order valence-electron chi connectivity index (χ1n) is 6.64. The van der Waals surface area contributed by atoms with Crippen LogP contribution in [-0.4, -0.2) is 27.1 Å². The van der Waals surface area contributed by atoms with Gasteiger partial charge in [-0.3, -0.25) is 10.1 Å². The Labute approximate surface area is 117 Å². The fourth-order valence-electron chi connectivity index (χ4n) is 2.75.